The molecule has 0 aliphatic heterocycles. The number of nitriles is 1. The zero-order valence-corrected chi connectivity index (χ0v) is 29.5. The van der Waals surface area contributed by atoms with Crippen molar-refractivity contribution in [1.29, 1.82) is 5.26 Å². The molecule has 0 aliphatic carbocycles. The van der Waals surface area contributed by atoms with E-state index in [1.54, 1.807) is 0 Å². The Kier molecular flexibility index (Phi) is 6.82. The van der Waals surface area contributed by atoms with Crippen molar-refractivity contribution in [3.05, 3.63) is 188 Å². The average Bonchev–Trinajstić information content (AvgIpc) is 3.93. The molecule has 6 nitrogen and oxygen atoms in total. The smallest absolute Gasteiger partial charge is 0.113 e. The van der Waals surface area contributed by atoms with Gasteiger partial charge in [0.25, 0.3) is 0 Å². The fourth-order valence-electron chi connectivity index (χ4n) is 8.27. The molecule has 0 atom stereocenters. The largest absolute Gasteiger partial charge is 0.309 e. The lowest BCUT2D eigenvalue weighted by molar-refractivity contribution is 0.824. The molecule has 3 heterocycles. The number of hydrogen-bond acceptors (Lipinski definition) is 3. The number of benzene rings is 8. The zero-order chi connectivity index (χ0) is 36.5. The van der Waals surface area contributed by atoms with Crippen LogP contribution in [0.5, 0.6) is 0 Å². The van der Waals surface area contributed by atoms with Crippen molar-refractivity contribution in [3.63, 3.8) is 0 Å². The Balaban J connectivity index is 1.13. The van der Waals surface area contributed by atoms with Crippen LogP contribution >= 0.6 is 0 Å². The maximum absolute atomic E-state index is 9.80. The Hall–Kier alpha value is -7.75. The lowest BCUT2D eigenvalue weighted by atomic mass is 10.0. The second kappa shape index (κ2) is 12.2. The summed E-state index contributed by atoms with van der Waals surface area (Å²) in [7, 11) is 0. The highest BCUT2D eigenvalue weighted by Gasteiger charge is 2.19. The topological polar surface area (TPSA) is 64.4 Å². The molecule has 0 saturated heterocycles. The molecule has 3 aromatic heterocycles. The summed E-state index contributed by atoms with van der Waals surface area (Å²) in [6.07, 6.45) is 0. The number of para-hydroxylation sites is 3. The van der Waals surface area contributed by atoms with Gasteiger partial charge in [0.05, 0.1) is 44.9 Å². The van der Waals surface area contributed by atoms with Crippen LogP contribution in [0.2, 0.25) is 0 Å². The van der Waals surface area contributed by atoms with E-state index in [9.17, 15) is 5.26 Å². The van der Waals surface area contributed by atoms with Gasteiger partial charge < -0.3 is 9.13 Å². The maximum Gasteiger partial charge on any atom is 0.113 e. The van der Waals surface area contributed by atoms with Gasteiger partial charge in [-0.3, -0.25) is 0 Å². The van der Waals surface area contributed by atoms with E-state index in [1.165, 1.54) is 27.1 Å². The molecule has 0 amide bonds. The number of nitrogens with zero attached hydrogens (tertiary/aromatic N) is 6. The first-order valence-corrected chi connectivity index (χ1v) is 18.3. The molecule has 0 unspecified atom stereocenters. The minimum Gasteiger partial charge on any atom is -0.309 e. The summed E-state index contributed by atoms with van der Waals surface area (Å²) in [4.78, 5) is 0. The number of aromatic nitrogens is 5. The lowest BCUT2D eigenvalue weighted by Gasteiger charge is -2.11. The van der Waals surface area contributed by atoms with Crippen LogP contribution < -0.4 is 0 Å². The van der Waals surface area contributed by atoms with Crippen LogP contribution in [0.4, 0.5) is 0 Å². The first kappa shape index (κ1) is 30.8. The van der Waals surface area contributed by atoms with E-state index in [-0.39, 0.29) is 0 Å². The first-order valence-electron chi connectivity index (χ1n) is 18.3. The van der Waals surface area contributed by atoms with E-state index in [4.69, 9.17) is 0 Å². The highest BCUT2D eigenvalue weighted by Crippen LogP contribution is 2.41. The molecule has 0 saturated carbocycles. The van der Waals surface area contributed by atoms with Crippen molar-refractivity contribution < 1.29 is 0 Å². The first-order chi connectivity index (χ1) is 27.2. The predicted molar refractivity (Wildman–Crippen MR) is 223 cm³/mol. The molecular formula is C49H30N6. The van der Waals surface area contributed by atoms with Gasteiger partial charge in [0, 0.05) is 32.9 Å². The molecule has 55 heavy (non-hydrogen) atoms. The van der Waals surface area contributed by atoms with E-state index in [2.05, 4.69) is 159 Å². The molecule has 0 bridgehead atoms. The van der Waals surface area contributed by atoms with Gasteiger partial charge in [-0.25, -0.2) is 4.68 Å². The minimum atomic E-state index is 0.665. The van der Waals surface area contributed by atoms with Crippen molar-refractivity contribution >= 4 is 54.6 Å². The number of hydrogen-bond donors (Lipinski definition) is 0. The van der Waals surface area contributed by atoms with Gasteiger partial charge in [0.15, 0.2) is 0 Å². The highest BCUT2D eigenvalue weighted by molar-refractivity contribution is 6.19. The summed E-state index contributed by atoms with van der Waals surface area (Å²) in [5.74, 6) is 0. The molecule has 0 fully saturated rings. The third kappa shape index (κ3) is 4.81. The Morgan fingerprint density at radius 2 is 0.982 bits per heavy atom. The van der Waals surface area contributed by atoms with Crippen LogP contribution in [0.3, 0.4) is 0 Å². The molecule has 6 heteroatoms. The Morgan fingerprint density at radius 3 is 1.78 bits per heavy atom. The fraction of sp³-hybridized carbons (Fsp3) is 0. The molecule has 8 aromatic carbocycles. The van der Waals surface area contributed by atoms with Crippen molar-refractivity contribution in [1.82, 2.24) is 24.1 Å². The van der Waals surface area contributed by atoms with E-state index >= 15 is 0 Å². The van der Waals surface area contributed by atoms with Crippen LogP contribution in [0.25, 0.3) is 94.0 Å². The monoisotopic (exact) mass is 702 g/mol. The maximum atomic E-state index is 9.80. The molecule has 0 radical (unpaired) electrons. The summed E-state index contributed by atoms with van der Waals surface area (Å²) in [6, 6.07) is 66.1. The van der Waals surface area contributed by atoms with E-state index in [1.807, 2.05) is 53.2 Å². The van der Waals surface area contributed by atoms with Crippen molar-refractivity contribution in [2.45, 2.75) is 0 Å². The summed E-state index contributed by atoms with van der Waals surface area (Å²) in [5, 5.41) is 23.4. The van der Waals surface area contributed by atoms with E-state index in [0.717, 1.165) is 66.9 Å². The zero-order valence-electron chi connectivity index (χ0n) is 29.5. The summed E-state index contributed by atoms with van der Waals surface area (Å²) in [5.41, 5.74) is 14.4. The van der Waals surface area contributed by atoms with Crippen LogP contribution in [-0.4, -0.2) is 24.1 Å². The molecule has 0 aliphatic rings. The minimum absolute atomic E-state index is 0.665. The Labute approximate surface area is 316 Å². The number of rotatable bonds is 5. The molecule has 0 spiro atoms. The van der Waals surface area contributed by atoms with Gasteiger partial charge in [0.1, 0.15) is 5.52 Å². The molecule has 256 valence electrons. The van der Waals surface area contributed by atoms with Gasteiger partial charge in [0.2, 0.25) is 0 Å². The van der Waals surface area contributed by atoms with E-state index < -0.39 is 0 Å². The third-order valence-electron chi connectivity index (χ3n) is 10.9. The van der Waals surface area contributed by atoms with Crippen molar-refractivity contribution in [3.8, 4) is 45.4 Å². The summed E-state index contributed by atoms with van der Waals surface area (Å²) < 4.78 is 6.64. The van der Waals surface area contributed by atoms with Crippen LogP contribution in [0.1, 0.15) is 5.56 Å². The third-order valence-corrected chi connectivity index (χ3v) is 10.9. The molecular weight excluding hydrogens is 673 g/mol. The van der Waals surface area contributed by atoms with Crippen molar-refractivity contribution in [2.24, 2.45) is 0 Å². The molecule has 11 aromatic rings. The van der Waals surface area contributed by atoms with E-state index in [0.29, 0.717) is 5.56 Å². The average molecular weight is 703 g/mol. The fourth-order valence-corrected chi connectivity index (χ4v) is 8.27. The Morgan fingerprint density at radius 1 is 0.400 bits per heavy atom. The van der Waals surface area contributed by atoms with Crippen LogP contribution in [0.15, 0.2) is 182 Å². The van der Waals surface area contributed by atoms with Gasteiger partial charge in [-0.1, -0.05) is 102 Å². The quantitative estimate of drug-likeness (QED) is 0.179. The van der Waals surface area contributed by atoms with Crippen molar-refractivity contribution in [2.75, 3.05) is 0 Å². The second-order valence-corrected chi connectivity index (χ2v) is 13.9. The molecule has 0 N–H and O–H groups in total. The number of fused-ring (bicyclic) bond motifs is 7. The predicted octanol–water partition coefficient (Wildman–Crippen LogP) is 11.8. The standard InChI is InChI=1S/C49H30N6/c50-31-35-10-4-5-13-39(35)33-20-23-37(24-21-33)54-46-27-22-34(32-18-25-38(26-19-32)55-47-17-9-7-15-44(47)51-52-55)28-41(46)43-29-42-40-14-6-8-16-45(40)53(48(42)30-49(43)54)36-11-2-1-3-12-36/h1-30H. The second-order valence-electron chi connectivity index (χ2n) is 13.9. The Bertz CT molecular complexity index is 3300. The van der Waals surface area contributed by atoms with Gasteiger partial charge in [-0.15, -0.1) is 5.10 Å². The highest BCUT2D eigenvalue weighted by atomic mass is 15.4. The van der Waals surface area contributed by atoms with Crippen LogP contribution in [0, 0.1) is 11.3 Å². The van der Waals surface area contributed by atoms with Gasteiger partial charge in [-0.05, 0) is 107 Å². The van der Waals surface area contributed by atoms with Gasteiger partial charge in [-0.2, -0.15) is 5.26 Å². The lowest BCUT2D eigenvalue weighted by Crippen LogP contribution is -1.96. The normalized spacial score (nSPS) is 11.6. The summed E-state index contributed by atoms with van der Waals surface area (Å²) >= 11 is 0. The SMILES string of the molecule is N#Cc1ccccc1-c1ccc(-n2c3ccc(-c4ccc(-n5nnc6ccccc65)cc4)cc3c3cc4c5ccccc5n(-c5ccccc5)c4cc32)cc1. The van der Waals surface area contributed by atoms with Crippen LogP contribution in [-0.2, 0) is 0 Å². The van der Waals surface area contributed by atoms with Gasteiger partial charge >= 0.3 is 0 Å². The molecule has 11 rings (SSSR count). The summed E-state index contributed by atoms with van der Waals surface area (Å²) in [6.45, 7) is 0.